The fourth-order valence-electron chi connectivity index (χ4n) is 4.74. The standard InChI is InChI=1S/C29H37N3O7/c1-19(31-17-25(33)21-8-7-13-30-15-21)14-22-16-32-28-24(22)11-6-12-26(28)36-18-27(34)37-20(2)38-29(35)39-23-9-4-3-5-10-23/h6-8,11-13,15-16,19-20,23,25,31-33H,3-5,9-10,14,17-18H2,1-2H3/t19-,20?,25-/m1/s1. The van der Waals surface area contributed by atoms with Crippen LogP contribution in [0.4, 0.5) is 4.79 Å². The quantitative estimate of drug-likeness (QED) is 0.224. The second-order valence-corrected chi connectivity index (χ2v) is 9.90. The number of hydrogen-bond donors (Lipinski definition) is 3. The topological polar surface area (TPSA) is 132 Å². The lowest BCUT2D eigenvalue weighted by molar-refractivity contribution is -0.171. The largest absolute Gasteiger partial charge is 0.511 e. The summed E-state index contributed by atoms with van der Waals surface area (Å²) in [7, 11) is 0. The first kappa shape index (κ1) is 28.4. The number of aliphatic hydroxyl groups is 1. The summed E-state index contributed by atoms with van der Waals surface area (Å²) >= 11 is 0. The summed E-state index contributed by atoms with van der Waals surface area (Å²) in [5, 5.41) is 14.7. The molecule has 0 radical (unpaired) electrons. The summed E-state index contributed by atoms with van der Waals surface area (Å²) in [5.74, 6) is -0.157. The van der Waals surface area contributed by atoms with Gasteiger partial charge in [-0.05, 0) is 56.7 Å². The van der Waals surface area contributed by atoms with E-state index in [9.17, 15) is 14.7 Å². The third-order valence-electron chi connectivity index (χ3n) is 6.74. The highest BCUT2D eigenvalue weighted by Gasteiger charge is 2.22. The van der Waals surface area contributed by atoms with E-state index in [1.165, 1.54) is 6.92 Å². The van der Waals surface area contributed by atoms with Crippen LogP contribution in [0.5, 0.6) is 5.75 Å². The molecule has 1 aliphatic carbocycles. The second kappa shape index (κ2) is 14.0. The van der Waals surface area contributed by atoms with Crippen LogP contribution in [0, 0.1) is 0 Å². The van der Waals surface area contributed by atoms with E-state index in [2.05, 4.69) is 22.2 Å². The monoisotopic (exact) mass is 539 g/mol. The normalized spacial score (nSPS) is 16.3. The zero-order valence-corrected chi connectivity index (χ0v) is 22.4. The van der Waals surface area contributed by atoms with E-state index in [0.29, 0.717) is 12.3 Å². The number of aromatic nitrogens is 2. The van der Waals surface area contributed by atoms with Gasteiger partial charge in [0.05, 0.1) is 11.6 Å². The third-order valence-corrected chi connectivity index (χ3v) is 6.74. The molecule has 3 N–H and O–H groups in total. The van der Waals surface area contributed by atoms with Gasteiger partial charge in [-0.1, -0.05) is 24.6 Å². The van der Waals surface area contributed by atoms with E-state index in [1.54, 1.807) is 24.5 Å². The molecule has 1 aromatic carbocycles. The smallest absolute Gasteiger partial charge is 0.480 e. The molecule has 0 spiro atoms. The molecule has 3 aromatic rings. The summed E-state index contributed by atoms with van der Waals surface area (Å²) in [6.45, 7) is 3.58. The van der Waals surface area contributed by atoms with Crippen LogP contribution in [0.25, 0.3) is 10.9 Å². The fraction of sp³-hybridized carbons (Fsp3) is 0.483. The minimum Gasteiger partial charge on any atom is -0.480 e. The number of ether oxygens (including phenoxy) is 4. The Morgan fingerprint density at radius 2 is 1.95 bits per heavy atom. The number of aromatic amines is 1. The molecular weight excluding hydrogens is 502 g/mol. The molecule has 0 aliphatic heterocycles. The van der Waals surface area contributed by atoms with Crippen molar-refractivity contribution in [2.45, 2.75) is 76.9 Å². The van der Waals surface area contributed by atoms with Gasteiger partial charge in [0.15, 0.2) is 6.61 Å². The molecule has 10 nitrogen and oxygen atoms in total. The maximum atomic E-state index is 12.3. The van der Waals surface area contributed by atoms with Gasteiger partial charge in [0.1, 0.15) is 11.9 Å². The molecule has 210 valence electrons. The molecule has 39 heavy (non-hydrogen) atoms. The van der Waals surface area contributed by atoms with Crippen LogP contribution >= 0.6 is 0 Å². The first-order chi connectivity index (χ1) is 18.9. The maximum absolute atomic E-state index is 12.3. The molecule has 0 bridgehead atoms. The van der Waals surface area contributed by atoms with E-state index >= 15 is 0 Å². The number of para-hydroxylation sites is 1. The Bertz CT molecular complexity index is 1210. The average molecular weight is 540 g/mol. The lowest BCUT2D eigenvalue weighted by Crippen LogP contribution is -2.32. The Kier molecular flexibility index (Phi) is 10.2. The molecular formula is C29H37N3O7. The summed E-state index contributed by atoms with van der Waals surface area (Å²) in [4.78, 5) is 31.5. The SMILES string of the molecule is CC(OC(=O)COc1cccc2c(C[C@@H](C)NC[C@@H](O)c3cccnc3)c[nH]c12)OC(=O)OC1CCCCC1. The summed E-state index contributed by atoms with van der Waals surface area (Å²) in [5.41, 5.74) is 2.61. The molecule has 2 heterocycles. The number of aliphatic hydroxyl groups excluding tert-OH is 1. The van der Waals surface area contributed by atoms with Crippen LogP contribution in [-0.2, 0) is 25.4 Å². The number of carbonyl (C=O) groups excluding carboxylic acids is 2. The van der Waals surface area contributed by atoms with E-state index in [-0.39, 0.29) is 18.8 Å². The van der Waals surface area contributed by atoms with E-state index in [1.807, 2.05) is 24.4 Å². The summed E-state index contributed by atoms with van der Waals surface area (Å²) in [6.07, 6.45) is 8.14. The van der Waals surface area contributed by atoms with Gasteiger partial charge in [0.25, 0.3) is 0 Å². The highest BCUT2D eigenvalue weighted by molar-refractivity contribution is 5.88. The number of nitrogens with zero attached hydrogens (tertiary/aromatic N) is 1. The van der Waals surface area contributed by atoms with Crippen molar-refractivity contribution in [2.24, 2.45) is 0 Å². The number of pyridine rings is 1. The summed E-state index contributed by atoms with van der Waals surface area (Å²) in [6, 6.07) is 9.36. The molecule has 2 aromatic heterocycles. The van der Waals surface area contributed by atoms with Crippen molar-refractivity contribution in [1.82, 2.24) is 15.3 Å². The summed E-state index contributed by atoms with van der Waals surface area (Å²) < 4.78 is 21.2. The van der Waals surface area contributed by atoms with Gasteiger partial charge in [-0.15, -0.1) is 0 Å². The van der Waals surface area contributed by atoms with Gasteiger partial charge in [-0.2, -0.15) is 0 Å². The van der Waals surface area contributed by atoms with Crippen LogP contribution < -0.4 is 10.1 Å². The predicted molar refractivity (Wildman–Crippen MR) is 144 cm³/mol. The van der Waals surface area contributed by atoms with Crippen molar-refractivity contribution in [2.75, 3.05) is 13.2 Å². The van der Waals surface area contributed by atoms with Gasteiger partial charge in [0, 0.05) is 49.1 Å². The number of carbonyl (C=O) groups is 2. The zero-order valence-electron chi connectivity index (χ0n) is 22.4. The molecule has 1 unspecified atom stereocenters. The third kappa shape index (κ3) is 8.43. The van der Waals surface area contributed by atoms with Crippen molar-refractivity contribution < 1.29 is 33.6 Å². The predicted octanol–water partition coefficient (Wildman–Crippen LogP) is 4.57. The van der Waals surface area contributed by atoms with Gasteiger partial charge < -0.3 is 34.4 Å². The molecule has 3 atom stereocenters. The van der Waals surface area contributed by atoms with Crippen molar-refractivity contribution in [3.63, 3.8) is 0 Å². The molecule has 0 saturated heterocycles. The van der Waals surface area contributed by atoms with Crippen molar-refractivity contribution >= 4 is 23.0 Å². The van der Waals surface area contributed by atoms with E-state index < -0.39 is 24.5 Å². The highest BCUT2D eigenvalue weighted by Crippen LogP contribution is 2.28. The minimum atomic E-state index is -1.09. The van der Waals surface area contributed by atoms with Gasteiger partial charge in [-0.3, -0.25) is 4.98 Å². The van der Waals surface area contributed by atoms with Gasteiger partial charge in [0.2, 0.25) is 6.29 Å². The van der Waals surface area contributed by atoms with Gasteiger partial charge in [-0.25, -0.2) is 9.59 Å². The number of fused-ring (bicyclic) bond motifs is 1. The lowest BCUT2D eigenvalue weighted by Gasteiger charge is -2.22. The first-order valence-corrected chi connectivity index (χ1v) is 13.5. The zero-order chi connectivity index (χ0) is 27.6. The van der Waals surface area contributed by atoms with E-state index in [0.717, 1.165) is 60.6 Å². The Morgan fingerprint density at radius 1 is 1.13 bits per heavy atom. The lowest BCUT2D eigenvalue weighted by atomic mass is 9.98. The number of rotatable bonds is 12. The highest BCUT2D eigenvalue weighted by atomic mass is 16.8. The number of nitrogens with one attached hydrogen (secondary N) is 2. The molecule has 4 rings (SSSR count). The van der Waals surface area contributed by atoms with E-state index in [4.69, 9.17) is 18.9 Å². The number of esters is 1. The Labute approximate surface area is 228 Å². The molecule has 1 fully saturated rings. The maximum Gasteiger partial charge on any atom is 0.511 e. The van der Waals surface area contributed by atoms with Gasteiger partial charge >= 0.3 is 12.1 Å². The minimum absolute atomic E-state index is 0.0983. The van der Waals surface area contributed by atoms with Crippen LogP contribution in [0.3, 0.4) is 0 Å². The Balaban J connectivity index is 1.23. The van der Waals surface area contributed by atoms with Crippen molar-refractivity contribution in [1.29, 1.82) is 0 Å². The van der Waals surface area contributed by atoms with Crippen LogP contribution in [0.15, 0.2) is 48.9 Å². The molecule has 1 saturated carbocycles. The number of benzene rings is 1. The molecule has 10 heteroatoms. The fourth-order valence-corrected chi connectivity index (χ4v) is 4.74. The van der Waals surface area contributed by atoms with Crippen LogP contribution in [-0.4, -0.2) is 58.8 Å². The number of H-pyrrole nitrogens is 1. The average Bonchev–Trinajstić information content (AvgIpc) is 3.34. The molecule has 0 amide bonds. The Morgan fingerprint density at radius 3 is 2.72 bits per heavy atom. The van der Waals surface area contributed by atoms with Crippen molar-refractivity contribution in [3.8, 4) is 5.75 Å². The van der Waals surface area contributed by atoms with Crippen molar-refractivity contribution in [3.05, 3.63) is 60.0 Å². The van der Waals surface area contributed by atoms with Crippen LogP contribution in [0.1, 0.15) is 63.2 Å². The number of hydrogen-bond acceptors (Lipinski definition) is 9. The first-order valence-electron chi connectivity index (χ1n) is 13.5. The molecule has 1 aliphatic rings. The second-order valence-electron chi connectivity index (χ2n) is 9.90. The van der Waals surface area contributed by atoms with Crippen LogP contribution in [0.2, 0.25) is 0 Å². The Hall–Kier alpha value is -3.63.